The Labute approximate surface area is 169 Å². The van der Waals surface area contributed by atoms with Gasteiger partial charge in [-0.05, 0) is 18.6 Å². The van der Waals surface area contributed by atoms with Crippen LogP contribution in [0.5, 0.6) is 5.88 Å². The fraction of sp³-hybridized carbons (Fsp3) is 0.174. The van der Waals surface area contributed by atoms with Crippen molar-refractivity contribution >= 4 is 16.9 Å². The lowest BCUT2D eigenvalue weighted by atomic mass is 10.1. The van der Waals surface area contributed by atoms with Gasteiger partial charge in [0.1, 0.15) is 5.69 Å². The van der Waals surface area contributed by atoms with Crippen molar-refractivity contribution in [2.45, 2.75) is 13.0 Å². The van der Waals surface area contributed by atoms with Crippen LogP contribution in [-0.2, 0) is 11.8 Å². The van der Waals surface area contributed by atoms with Crippen molar-refractivity contribution in [1.82, 2.24) is 20.1 Å². The monoisotopic (exact) mass is 386 g/mol. The maximum atomic E-state index is 12.2. The first-order chi connectivity index (χ1) is 14.1. The van der Waals surface area contributed by atoms with E-state index in [0.29, 0.717) is 11.5 Å². The zero-order valence-electron chi connectivity index (χ0n) is 16.4. The summed E-state index contributed by atoms with van der Waals surface area (Å²) in [5.74, 6) is 0.195. The Morgan fingerprint density at radius 3 is 2.45 bits per heavy atom. The minimum Gasteiger partial charge on any atom is -0.468 e. The third-order valence-corrected chi connectivity index (χ3v) is 4.74. The van der Waals surface area contributed by atoms with Crippen molar-refractivity contribution in [2.75, 3.05) is 6.61 Å². The van der Waals surface area contributed by atoms with Gasteiger partial charge in [0.15, 0.2) is 12.3 Å². The maximum absolute atomic E-state index is 12.2. The molecule has 2 aromatic heterocycles. The highest BCUT2D eigenvalue weighted by Gasteiger charge is 2.14. The van der Waals surface area contributed by atoms with Crippen LogP contribution >= 0.6 is 0 Å². The number of pyridine rings is 1. The molecule has 29 heavy (non-hydrogen) atoms. The number of carbonyl (C=O) groups is 1. The standard InChI is InChI=1S/C23H22N4O2/c1-16(17-9-5-3-6-10-17)24-20(28)15-29-21-14-13-19-22(18-11-7-4-8-12-18)26-27(2)23(19)25-21/h3-14,16H,15H2,1-2H3,(H,24,28)/t16-/m0/s1. The summed E-state index contributed by atoms with van der Waals surface area (Å²) >= 11 is 0. The molecule has 0 bridgehead atoms. The van der Waals surface area contributed by atoms with E-state index in [4.69, 9.17) is 4.74 Å². The number of fused-ring (bicyclic) bond motifs is 1. The van der Waals surface area contributed by atoms with Crippen LogP contribution in [0.2, 0.25) is 0 Å². The van der Waals surface area contributed by atoms with Crippen molar-refractivity contribution in [3.8, 4) is 17.1 Å². The summed E-state index contributed by atoms with van der Waals surface area (Å²) in [4.78, 5) is 16.8. The first-order valence-corrected chi connectivity index (χ1v) is 9.48. The number of carbonyl (C=O) groups excluding carboxylic acids is 1. The second-order valence-electron chi connectivity index (χ2n) is 6.85. The van der Waals surface area contributed by atoms with Crippen molar-refractivity contribution in [2.24, 2.45) is 7.05 Å². The average Bonchev–Trinajstić information content (AvgIpc) is 3.09. The summed E-state index contributed by atoms with van der Waals surface area (Å²) in [6.45, 7) is 1.84. The highest BCUT2D eigenvalue weighted by molar-refractivity contribution is 5.91. The second-order valence-corrected chi connectivity index (χ2v) is 6.85. The largest absolute Gasteiger partial charge is 0.468 e. The number of aryl methyl sites for hydroxylation is 1. The first-order valence-electron chi connectivity index (χ1n) is 9.48. The number of aromatic nitrogens is 3. The minimum atomic E-state index is -0.196. The molecular weight excluding hydrogens is 364 g/mol. The van der Waals surface area contributed by atoms with Gasteiger partial charge in [-0.1, -0.05) is 60.7 Å². The van der Waals surface area contributed by atoms with E-state index in [0.717, 1.165) is 22.2 Å². The second kappa shape index (κ2) is 8.14. The molecule has 6 nitrogen and oxygen atoms in total. The van der Waals surface area contributed by atoms with Crippen LogP contribution in [0, 0.1) is 0 Å². The Morgan fingerprint density at radius 1 is 1.03 bits per heavy atom. The average molecular weight is 386 g/mol. The highest BCUT2D eigenvalue weighted by atomic mass is 16.5. The molecule has 1 amide bonds. The number of rotatable bonds is 6. The Kier molecular flexibility index (Phi) is 5.24. The van der Waals surface area contributed by atoms with Crippen LogP contribution in [0.3, 0.4) is 0 Å². The van der Waals surface area contributed by atoms with E-state index in [9.17, 15) is 4.79 Å². The van der Waals surface area contributed by atoms with Crippen LogP contribution in [0.25, 0.3) is 22.3 Å². The van der Waals surface area contributed by atoms with Crippen LogP contribution < -0.4 is 10.1 Å². The molecule has 146 valence electrons. The fourth-order valence-corrected chi connectivity index (χ4v) is 3.25. The smallest absolute Gasteiger partial charge is 0.258 e. The lowest BCUT2D eigenvalue weighted by molar-refractivity contribution is -0.123. The molecule has 1 N–H and O–H groups in total. The van der Waals surface area contributed by atoms with Crippen molar-refractivity contribution in [1.29, 1.82) is 0 Å². The SMILES string of the molecule is C[C@H](NC(=O)COc1ccc2c(-c3ccccc3)nn(C)c2n1)c1ccccc1. The lowest BCUT2D eigenvalue weighted by Gasteiger charge is -2.14. The first kappa shape index (κ1) is 18.7. The molecule has 0 saturated heterocycles. The molecule has 2 aromatic carbocycles. The fourth-order valence-electron chi connectivity index (χ4n) is 3.25. The summed E-state index contributed by atoms with van der Waals surface area (Å²) in [7, 11) is 1.85. The molecule has 0 fully saturated rings. The molecule has 0 aliphatic rings. The Hall–Kier alpha value is -3.67. The molecule has 4 aromatic rings. The molecule has 2 heterocycles. The normalized spacial score (nSPS) is 11.9. The van der Waals surface area contributed by atoms with E-state index in [2.05, 4.69) is 15.4 Å². The third kappa shape index (κ3) is 4.11. The van der Waals surface area contributed by atoms with Crippen molar-refractivity contribution in [3.05, 3.63) is 78.4 Å². The van der Waals surface area contributed by atoms with Crippen molar-refractivity contribution in [3.63, 3.8) is 0 Å². The zero-order valence-corrected chi connectivity index (χ0v) is 16.4. The Balaban J connectivity index is 1.45. The van der Waals surface area contributed by atoms with Gasteiger partial charge in [0.05, 0.1) is 6.04 Å². The Morgan fingerprint density at radius 2 is 1.72 bits per heavy atom. The van der Waals surface area contributed by atoms with Gasteiger partial charge in [0.2, 0.25) is 5.88 Å². The lowest BCUT2D eigenvalue weighted by Crippen LogP contribution is -2.31. The van der Waals surface area contributed by atoms with Crippen molar-refractivity contribution < 1.29 is 9.53 Å². The number of nitrogens with one attached hydrogen (secondary N) is 1. The highest BCUT2D eigenvalue weighted by Crippen LogP contribution is 2.27. The molecule has 0 spiro atoms. The quantitative estimate of drug-likeness (QED) is 0.546. The number of hydrogen-bond donors (Lipinski definition) is 1. The molecule has 1 atom stereocenters. The van der Waals surface area contributed by atoms with Gasteiger partial charge in [0.25, 0.3) is 5.91 Å². The van der Waals surface area contributed by atoms with Gasteiger partial charge in [-0.3, -0.25) is 4.79 Å². The molecule has 0 saturated carbocycles. The van der Waals surface area contributed by atoms with E-state index in [-0.39, 0.29) is 18.6 Å². The van der Waals surface area contributed by atoms with Gasteiger partial charge in [0, 0.05) is 24.1 Å². The molecule has 6 heteroatoms. The van der Waals surface area contributed by atoms with Crippen LogP contribution in [0.15, 0.2) is 72.8 Å². The van der Waals surface area contributed by atoms with Gasteiger partial charge in [-0.2, -0.15) is 10.1 Å². The van der Waals surface area contributed by atoms with Gasteiger partial charge >= 0.3 is 0 Å². The predicted octanol–water partition coefficient (Wildman–Crippen LogP) is 3.89. The van der Waals surface area contributed by atoms with Crippen LogP contribution in [0.4, 0.5) is 0 Å². The number of amides is 1. The molecule has 0 aliphatic carbocycles. The zero-order chi connectivity index (χ0) is 20.2. The van der Waals surface area contributed by atoms with E-state index in [1.165, 1.54) is 0 Å². The maximum Gasteiger partial charge on any atom is 0.258 e. The van der Waals surface area contributed by atoms with E-state index >= 15 is 0 Å². The van der Waals surface area contributed by atoms with Crippen LogP contribution in [0.1, 0.15) is 18.5 Å². The van der Waals surface area contributed by atoms with Gasteiger partial charge < -0.3 is 10.1 Å². The summed E-state index contributed by atoms with van der Waals surface area (Å²) in [5.41, 5.74) is 3.66. The van der Waals surface area contributed by atoms with Gasteiger partial charge in [-0.15, -0.1) is 0 Å². The Bertz CT molecular complexity index is 1120. The topological polar surface area (TPSA) is 69.0 Å². The molecule has 0 radical (unpaired) electrons. The minimum absolute atomic E-state index is 0.0896. The predicted molar refractivity (Wildman–Crippen MR) is 112 cm³/mol. The third-order valence-electron chi connectivity index (χ3n) is 4.74. The molecular formula is C23H22N4O2. The molecule has 0 unspecified atom stereocenters. The van der Waals surface area contributed by atoms with E-state index < -0.39 is 0 Å². The number of ether oxygens (including phenoxy) is 1. The molecule has 0 aliphatic heterocycles. The summed E-state index contributed by atoms with van der Waals surface area (Å²) in [6.07, 6.45) is 0. The van der Waals surface area contributed by atoms with E-state index in [1.54, 1.807) is 10.7 Å². The number of hydrogen-bond acceptors (Lipinski definition) is 4. The van der Waals surface area contributed by atoms with Gasteiger partial charge in [-0.25, -0.2) is 4.68 Å². The number of benzene rings is 2. The van der Waals surface area contributed by atoms with E-state index in [1.807, 2.05) is 80.7 Å². The van der Waals surface area contributed by atoms with Crippen LogP contribution in [-0.4, -0.2) is 27.3 Å². The summed E-state index contributed by atoms with van der Waals surface area (Å²) in [5, 5.41) is 8.46. The summed E-state index contributed by atoms with van der Waals surface area (Å²) in [6, 6.07) is 23.4. The molecule has 4 rings (SSSR count). The summed E-state index contributed by atoms with van der Waals surface area (Å²) < 4.78 is 7.34. The number of nitrogens with zero attached hydrogens (tertiary/aromatic N) is 3.